The van der Waals surface area contributed by atoms with Gasteiger partial charge in [0.2, 0.25) is 0 Å². The molecule has 1 amide bonds. The van der Waals surface area contributed by atoms with E-state index in [2.05, 4.69) is 24.5 Å². The van der Waals surface area contributed by atoms with Crippen LogP contribution in [0.15, 0.2) is 18.2 Å². The van der Waals surface area contributed by atoms with Gasteiger partial charge < -0.3 is 15.7 Å². The minimum atomic E-state index is -0.0396. The lowest BCUT2D eigenvalue weighted by molar-refractivity contribution is 0.0681. The summed E-state index contributed by atoms with van der Waals surface area (Å²) in [7, 11) is 0. The maximum Gasteiger partial charge on any atom is 0.252 e. The Bertz CT molecular complexity index is 697. The molecule has 174 valence electrons. The van der Waals surface area contributed by atoms with Crippen LogP contribution in [0, 0.1) is 24.7 Å². The first-order valence-corrected chi connectivity index (χ1v) is 12.2. The van der Waals surface area contributed by atoms with Gasteiger partial charge in [0.05, 0.1) is 17.2 Å². The van der Waals surface area contributed by atoms with Gasteiger partial charge in [0.1, 0.15) is 0 Å². The molecule has 0 aromatic heterocycles. The third-order valence-electron chi connectivity index (χ3n) is 7.31. The second kappa shape index (κ2) is 12.2. The third kappa shape index (κ3) is 7.20. The van der Waals surface area contributed by atoms with E-state index in [4.69, 9.17) is 11.6 Å². The van der Waals surface area contributed by atoms with Crippen LogP contribution in [0.4, 0.5) is 0 Å². The van der Waals surface area contributed by atoms with Crippen LogP contribution < -0.4 is 10.6 Å². The first-order chi connectivity index (χ1) is 14.4. The Morgan fingerprint density at radius 3 is 2.61 bits per heavy atom. The second-order valence-electron chi connectivity index (χ2n) is 9.94. The van der Waals surface area contributed by atoms with Crippen molar-refractivity contribution in [1.29, 1.82) is 0 Å². The molecular weight excluding hydrogens is 408 g/mol. The number of nitrogens with one attached hydrogen (secondary N) is 2. The number of halogens is 1. The van der Waals surface area contributed by atoms with Gasteiger partial charge in [-0.3, -0.25) is 4.79 Å². The molecule has 3 rings (SSSR count). The summed E-state index contributed by atoms with van der Waals surface area (Å²) in [6.45, 7) is 6.00. The van der Waals surface area contributed by atoms with Crippen molar-refractivity contribution in [2.45, 2.75) is 77.7 Å². The second-order valence-corrected chi connectivity index (χ2v) is 10.3. The summed E-state index contributed by atoms with van der Waals surface area (Å²) in [6.07, 6.45) is 11.0. The molecule has 0 saturated heterocycles. The number of fused-ring (bicyclic) bond motifs is 2. The third-order valence-corrected chi connectivity index (χ3v) is 7.64. The van der Waals surface area contributed by atoms with Gasteiger partial charge in [0, 0.05) is 12.6 Å². The minimum Gasteiger partial charge on any atom is -0.395 e. The van der Waals surface area contributed by atoms with Crippen molar-refractivity contribution in [3.8, 4) is 0 Å². The molecule has 2 saturated carbocycles. The normalized spacial score (nSPS) is 23.8. The van der Waals surface area contributed by atoms with Crippen LogP contribution in [-0.4, -0.2) is 36.8 Å². The van der Waals surface area contributed by atoms with Crippen LogP contribution in [0.2, 0.25) is 5.02 Å². The van der Waals surface area contributed by atoms with Gasteiger partial charge in [-0.1, -0.05) is 64.6 Å². The Morgan fingerprint density at radius 2 is 1.97 bits per heavy atom. The van der Waals surface area contributed by atoms with Crippen molar-refractivity contribution in [1.82, 2.24) is 10.6 Å². The molecule has 1 atom stereocenters. The van der Waals surface area contributed by atoms with Gasteiger partial charge in [0.15, 0.2) is 0 Å². The van der Waals surface area contributed by atoms with Crippen molar-refractivity contribution in [3.63, 3.8) is 0 Å². The summed E-state index contributed by atoms with van der Waals surface area (Å²) in [6, 6.07) is 5.94. The lowest BCUT2D eigenvalue weighted by Gasteiger charge is -2.45. The number of carbonyl (C=O) groups excluding carboxylic acids is 1. The van der Waals surface area contributed by atoms with E-state index in [9.17, 15) is 9.90 Å². The van der Waals surface area contributed by atoms with E-state index >= 15 is 0 Å². The van der Waals surface area contributed by atoms with Crippen molar-refractivity contribution >= 4 is 17.5 Å². The fraction of sp³-hybridized carbons (Fsp3) is 0.692. The van der Waals surface area contributed by atoms with Gasteiger partial charge in [-0.05, 0) is 73.6 Å². The first-order valence-electron chi connectivity index (χ1n) is 11.8. The smallest absolute Gasteiger partial charge is 0.252 e. The Hall–Kier alpha value is -1.10. The quantitative estimate of drug-likeness (QED) is 0.426. The van der Waals surface area contributed by atoms with Crippen LogP contribution in [0.25, 0.3) is 0 Å². The molecule has 2 radical (unpaired) electrons. The summed E-state index contributed by atoms with van der Waals surface area (Å²) in [5, 5.41) is 16.6. The molecule has 4 nitrogen and oxygen atoms in total. The number of benzene rings is 1. The van der Waals surface area contributed by atoms with Crippen molar-refractivity contribution in [2.75, 3.05) is 19.7 Å². The summed E-state index contributed by atoms with van der Waals surface area (Å²) in [4.78, 5) is 12.9. The average Bonchev–Trinajstić information content (AvgIpc) is 2.73. The Labute approximate surface area is 194 Å². The lowest BCUT2D eigenvalue weighted by atomic mass is 9.62. The highest BCUT2D eigenvalue weighted by Gasteiger charge is 2.39. The molecule has 0 heterocycles. The zero-order valence-electron chi connectivity index (χ0n) is 19.4. The molecule has 1 unspecified atom stereocenters. The van der Waals surface area contributed by atoms with Gasteiger partial charge in [-0.15, -0.1) is 0 Å². The van der Waals surface area contributed by atoms with Gasteiger partial charge in [0.25, 0.3) is 5.91 Å². The summed E-state index contributed by atoms with van der Waals surface area (Å²) < 4.78 is 0. The molecule has 0 spiro atoms. The highest BCUT2D eigenvalue weighted by atomic mass is 35.5. The maximum absolute atomic E-state index is 12.9. The number of hydrogen-bond donors (Lipinski definition) is 3. The Morgan fingerprint density at radius 1 is 1.26 bits per heavy atom. The van der Waals surface area contributed by atoms with E-state index in [-0.39, 0.29) is 26.0 Å². The Balaban J connectivity index is 0.00000341. The molecule has 5 heteroatoms. The summed E-state index contributed by atoms with van der Waals surface area (Å²) >= 11 is 6.37. The molecule has 2 aliphatic carbocycles. The number of hydrogen-bond acceptors (Lipinski definition) is 3. The van der Waals surface area contributed by atoms with E-state index in [1.165, 1.54) is 44.9 Å². The molecule has 2 aliphatic rings. The average molecular weight is 449 g/mol. The topological polar surface area (TPSA) is 61.4 Å². The van der Waals surface area contributed by atoms with Crippen LogP contribution in [0.3, 0.4) is 0 Å². The number of aliphatic hydroxyl groups excluding tert-OH is 1. The predicted octanol–water partition coefficient (Wildman–Crippen LogP) is 5.30. The fourth-order valence-electron chi connectivity index (χ4n) is 5.43. The monoisotopic (exact) mass is 448 g/mol. The number of rotatable bonds is 10. The molecular formula is C26H41ClN2O2. The molecule has 2 bridgehead atoms. The first kappa shape index (κ1) is 26.2. The SMILES string of the molecule is CC(C)C(CO)NCCCc1ccc(Cl)c(C(=O)NCC23CCCC(CCC2)C3)c1.[CH2]. The molecule has 3 N–H and O–H groups in total. The Kier molecular flexibility index (Phi) is 10.3. The molecule has 2 fully saturated rings. The van der Waals surface area contributed by atoms with Crippen LogP contribution in [0.5, 0.6) is 0 Å². The zero-order valence-corrected chi connectivity index (χ0v) is 20.1. The van der Waals surface area contributed by atoms with E-state index in [1.807, 2.05) is 18.2 Å². The van der Waals surface area contributed by atoms with Crippen LogP contribution in [0.1, 0.15) is 81.1 Å². The maximum atomic E-state index is 12.9. The molecule has 1 aromatic carbocycles. The molecule has 0 aliphatic heterocycles. The van der Waals surface area contributed by atoms with E-state index in [1.54, 1.807) is 0 Å². The van der Waals surface area contributed by atoms with Crippen LogP contribution in [-0.2, 0) is 6.42 Å². The van der Waals surface area contributed by atoms with Gasteiger partial charge >= 0.3 is 0 Å². The van der Waals surface area contributed by atoms with E-state index < -0.39 is 0 Å². The van der Waals surface area contributed by atoms with E-state index in [0.717, 1.165) is 37.4 Å². The number of aryl methyl sites for hydroxylation is 1. The number of amides is 1. The summed E-state index contributed by atoms with van der Waals surface area (Å²) in [5.74, 6) is 1.23. The van der Waals surface area contributed by atoms with E-state index in [0.29, 0.717) is 21.9 Å². The highest BCUT2D eigenvalue weighted by Crippen LogP contribution is 2.48. The number of aliphatic hydroxyl groups is 1. The molecule has 31 heavy (non-hydrogen) atoms. The van der Waals surface area contributed by atoms with Gasteiger partial charge in [-0.2, -0.15) is 0 Å². The fourth-order valence-corrected chi connectivity index (χ4v) is 5.63. The largest absolute Gasteiger partial charge is 0.395 e. The highest BCUT2D eigenvalue weighted by molar-refractivity contribution is 6.33. The van der Waals surface area contributed by atoms with Crippen molar-refractivity contribution in [2.24, 2.45) is 17.3 Å². The van der Waals surface area contributed by atoms with Crippen molar-refractivity contribution < 1.29 is 9.90 Å². The number of carbonyl (C=O) groups is 1. The van der Waals surface area contributed by atoms with Crippen molar-refractivity contribution in [3.05, 3.63) is 41.8 Å². The van der Waals surface area contributed by atoms with Crippen LogP contribution >= 0.6 is 11.6 Å². The predicted molar refractivity (Wildman–Crippen MR) is 129 cm³/mol. The van der Waals surface area contributed by atoms with Gasteiger partial charge in [-0.25, -0.2) is 0 Å². The zero-order chi connectivity index (χ0) is 21.6. The summed E-state index contributed by atoms with van der Waals surface area (Å²) in [5.41, 5.74) is 2.04. The standard InChI is InChI=1S/C25H39ClN2O2.CH2/c1-18(2)23(16-29)27-13-5-8-19-9-10-22(26)21(14-19)24(30)28-17-25-11-3-6-20(15-25)7-4-12-25;/h9-10,14,18,20,23,27,29H,3-8,11-13,15-17H2,1-2H3,(H,28,30);1H2. The molecule has 1 aromatic rings. The lowest BCUT2D eigenvalue weighted by Crippen LogP contribution is -2.43. The minimum absolute atomic E-state index is 0.